The third-order valence-electron chi connectivity index (χ3n) is 5.47. The van der Waals surface area contributed by atoms with E-state index in [9.17, 15) is 8.78 Å². The second kappa shape index (κ2) is 7.71. The zero-order valence-electron chi connectivity index (χ0n) is 17.0. The van der Waals surface area contributed by atoms with Crippen molar-refractivity contribution < 1.29 is 17.9 Å². The number of alkyl halides is 2. The van der Waals surface area contributed by atoms with Gasteiger partial charge in [0.05, 0.1) is 18.6 Å². The van der Waals surface area contributed by atoms with Crippen LogP contribution in [0, 0.1) is 6.92 Å². The molecule has 1 saturated heterocycles. The second-order valence-corrected chi connectivity index (χ2v) is 7.89. The number of piperidine rings is 1. The first-order chi connectivity index (χ1) is 13.8. The fraction of sp³-hybridized carbons (Fsp3) is 0.455. The van der Waals surface area contributed by atoms with E-state index in [2.05, 4.69) is 5.32 Å². The number of benzene rings is 1. The molecule has 1 fully saturated rings. The molecule has 4 rings (SSSR count). The van der Waals surface area contributed by atoms with Gasteiger partial charge in [0.1, 0.15) is 29.5 Å². The fourth-order valence-electron chi connectivity index (χ4n) is 4.12. The van der Waals surface area contributed by atoms with Crippen molar-refractivity contribution in [3.8, 4) is 5.75 Å². The molecular weight excluding hydrogens is 376 g/mol. The van der Waals surface area contributed by atoms with Gasteiger partial charge in [-0.1, -0.05) is 12.2 Å². The molecule has 0 spiro atoms. The van der Waals surface area contributed by atoms with Gasteiger partial charge in [-0.2, -0.15) is 0 Å². The van der Waals surface area contributed by atoms with Crippen LogP contribution in [-0.2, 0) is 0 Å². The highest BCUT2D eigenvalue weighted by Crippen LogP contribution is 2.34. The largest absolute Gasteiger partial charge is 0.491 e. The molecule has 5 nitrogen and oxygen atoms in total. The summed E-state index contributed by atoms with van der Waals surface area (Å²) in [6.07, 6.45) is 6.12. The van der Waals surface area contributed by atoms with Crippen molar-refractivity contribution in [1.82, 2.24) is 15.1 Å². The van der Waals surface area contributed by atoms with Gasteiger partial charge in [0.25, 0.3) is 5.92 Å². The van der Waals surface area contributed by atoms with Crippen molar-refractivity contribution in [1.29, 1.82) is 0 Å². The molecule has 29 heavy (non-hydrogen) atoms. The van der Waals surface area contributed by atoms with E-state index in [0.717, 1.165) is 22.6 Å². The summed E-state index contributed by atoms with van der Waals surface area (Å²) in [5, 5.41) is 3.78. The molecule has 1 aromatic carbocycles. The molecule has 2 unspecified atom stereocenters. The van der Waals surface area contributed by atoms with Crippen molar-refractivity contribution in [3.63, 3.8) is 0 Å². The minimum atomic E-state index is -2.82. The van der Waals surface area contributed by atoms with Gasteiger partial charge in [-0.05, 0) is 50.2 Å². The molecule has 2 aliphatic rings. The summed E-state index contributed by atoms with van der Waals surface area (Å²) in [5.74, 6) is -0.505. The van der Waals surface area contributed by atoms with Gasteiger partial charge in [0.15, 0.2) is 0 Å². The van der Waals surface area contributed by atoms with E-state index >= 15 is 0 Å². The smallest absolute Gasteiger partial charge is 0.280 e. The lowest BCUT2D eigenvalue weighted by Crippen LogP contribution is -2.61. The lowest BCUT2D eigenvalue weighted by Gasteiger charge is -2.47. The summed E-state index contributed by atoms with van der Waals surface area (Å²) >= 11 is 0. The SMILES string of the molecule is Cc1cc2cc(OCC3C=CC=C(N(C)C)N3C3CCNCC3(F)F)ccc2o1. The van der Waals surface area contributed by atoms with Crippen molar-refractivity contribution in [3.05, 3.63) is 54.1 Å². The van der Waals surface area contributed by atoms with Crippen LogP contribution >= 0.6 is 0 Å². The van der Waals surface area contributed by atoms with Gasteiger partial charge in [0.2, 0.25) is 0 Å². The molecule has 0 radical (unpaired) electrons. The highest BCUT2D eigenvalue weighted by Gasteiger charge is 2.48. The lowest BCUT2D eigenvalue weighted by atomic mass is 9.97. The number of halogens is 2. The number of aryl methyl sites for hydroxylation is 1. The number of hydrogen-bond donors (Lipinski definition) is 1. The normalized spacial score (nSPS) is 23.9. The molecule has 1 aromatic heterocycles. The van der Waals surface area contributed by atoms with Gasteiger partial charge in [-0.3, -0.25) is 0 Å². The third-order valence-corrected chi connectivity index (χ3v) is 5.47. The Bertz CT molecular complexity index is 935. The average molecular weight is 403 g/mol. The van der Waals surface area contributed by atoms with Crippen LogP contribution in [0.25, 0.3) is 11.0 Å². The Balaban J connectivity index is 1.56. The molecule has 0 saturated carbocycles. The van der Waals surface area contributed by atoms with E-state index < -0.39 is 12.0 Å². The summed E-state index contributed by atoms with van der Waals surface area (Å²) in [4.78, 5) is 3.70. The van der Waals surface area contributed by atoms with E-state index in [1.54, 1.807) is 0 Å². The molecule has 2 atom stereocenters. The Morgan fingerprint density at radius 2 is 2.14 bits per heavy atom. The Morgan fingerprint density at radius 1 is 1.31 bits per heavy atom. The third kappa shape index (κ3) is 3.96. The summed E-state index contributed by atoms with van der Waals surface area (Å²) in [7, 11) is 3.76. The minimum absolute atomic E-state index is 0.282. The number of allylic oxidation sites excluding steroid dienone is 2. The number of ether oxygens (including phenoxy) is 1. The molecule has 156 valence electrons. The maximum Gasteiger partial charge on any atom is 0.280 e. The number of nitrogens with one attached hydrogen (secondary N) is 1. The standard InChI is InChI=1S/C22H27F2N3O2/c1-15-11-16-12-18(7-8-19(16)29-15)28-13-17-5-4-6-21(26(2)3)27(17)20-9-10-25-14-22(20,23)24/h4-8,11-12,17,20,25H,9-10,13-14H2,1-3H3. The average Bonchev–Trinajstić information content (AvgIpc) is 3.05. The van der Waals surface area contributed by atoms with Crippen LogP contribution in [0.15, 0.2) is 52.7 Å². The van der Waals surface area contributed by atoms with E-state index in [1.165, 1.54) is 0 Å². The van der Waals surface area contributed by atoms with Gasteiger partial charge >= 0.3 is 0 Å². The zero-order chi connectivity index (χ0) is 20.6. The fourth-order valence-corrected chi connectivity index (χ4v) is 4.12. The maximum absolute atomic E-state index is 14.8. The second-order valence-electron chi connectivity index (χ2n) is 7.89. The summed E-state index contributed by atoms with van der Waals surface area (Å²) < 4.78 is 41.2. The Hall–Kier alpha value is -2.54. The molecule has 0 aliphatic carbocycles. The number of nitrogens with zero attached hydrogens (tertiary/aromatic N) is 2. The molecule has 1 N–H and O–H groups in total. The predicted octanol–water partition coefficient (Wildman–Crippen LogP) is 3.76. The quantitative estimate of drug-likeness (QED) is 0.823. The van der Waals surface area contributed by atoms with Gasteiger partial charge in [-0.15, -0.1) is 0 Å². The predicted molar refractivity (Wildman–Crippen MR) is 109 cm³/mol. The summed E-state index contributed by atoms with van der Waals surface area (Å²) in [6.45, 7) is 2.46. The van der Waals surface area contributed by atoms with Gasteiger partial charge in [0, 0.05) is 19.5 Å². The van der Waals surface area contributed by atoms with E-state index in [0.29, 0.717) is 18.7 Å². The van der Waals surface area contributed by atoms with Crippen LogP contribution in [0.5, 0.6) is 5.75 Å². The highest BCUT2D eigenvalue weighted by atomic mass is 19.3. The van der Waals surface area contributed by atoms with E-state index in [4.69, 9.17) is 9.15 Å². The van der Waals surface area contributed by atoms with Crippen LogP contribution in [0.2, 0.25) is 0 Å². The van der Waals surface area contributed by atoms with Crippen molar-refractivity contribution in [2.75, 3.05) is 33.8 Å². The molecule has 2 aliphatic heterocycles. The van der Waals surface area contributed by atoms with Crippen LogP contribution in [0.3, 0.4) is 0 Å². The summed E-state index contributed by atoms with van der Waals surface area (Å²) in [5.41, 5.74) is 0.807. The molecule has 3 heterocycles. The van der Waals surface area contributed by atoms with Crippen molar-refractivity contribution in [2.45, 2.75) is 31.4 Å². The lowest BCUT2D eigenvalue weighted by molar-refractivity contribution is -0.101. The number of rotatable bonds is 5. The number of hydrogen-bond acceptors (Lipinski definition) is 5. The Kier molecular flexibility index (Phi) is 5.25. The summed E-state index contributed by atoms with van der Waals surface area (Å²) in [6, 6.07) is 6.44. The van der Waals surface area contributed by atoms with Gasteiger partial charge in [-0.25, -0.2) is 8.78 Å². The van der Waals surface area contributed by atoms with Crippen LogP contribution in [0.4, 0.5) is 8.78 Å². The highest BCUT2D eigenvalue weighted by molar-refractivity contribution is 5.79. The minimum Gasteiger partial charge on any atom is -0.491 e. The van der Waals surface area contributed by atoms with Crippen LogP contribution in [0.1, 0.15) is 12.2 Å². The van der Waals surface area contributed by atoms with Crippen LogP contribution in [-0.4, -0.2) is 61.6 Å². The Morgan fingerprint density at radius 3 is 2.90 bits per heavy atom. The molecular formula is C22H27F2N3O2. The first-order valence-corrected chi connectivity index (χ1v) is 9.91. The van der Waals surface area contributed by atoms with Crippen LogP contribution < -0.4 is 10.1 Å². The molecule has 2 aromatic rings. The molecule has 0 bridgehead atoms. The molecule has 7 heteroatoms. The van der Waals surface area contributed by atoms with E-state index in [-0.39, 0.29) is 19.2 Å². The first kappa shape index (κ1) is 19.8. The Labute approximate surface area is 169 Å². The maximum atomic E-state index is 14.8. The van der Waals surface area contributed by atoms with Crippen molar-refractivity contribution >= 4 is 11.0 Å². The van der Waals surface area contributed by atoms with E-state index in [1.807, 2.05) is 73.3 Å². The zero-order valence-corrected chi connectivity index (χ0v) is 17.0. The topological polar surface area (TPSA) is 40.9 Å². The first-order valence-electron chi connectivity index (χ1n) is 9.91. The number of fused-ring (bicyclic) bond motifs is 1. The monoisotopic (exact) mass is 403 g/mol. The van der Waals surface area contributed by atoms with Gasteiger partial charge < -0.3 is 24.3 Å². The molecule has 0 amide bonds. The van der Waals surface area contributed by atoms with Crippen molar-refractivity contribution in [2.24, 2.45) is 0 Å². The number of furan rings is 1.